The topological polar surface area (TPSA) is 154 Å². The van der Waals surface area contributed by atoms with Crippen LogP contribution in [0.15, 0.2) is 54.6 Å². The molecule has 0 bridgehead atoms. The molecule has 0 radical (unpaired) electrons. The molecule has 3 aliphatic heterocycles. The number of ether oxygens (including phenoxy) is 1. The summed E-state index contributed by atoms with van der Waals surface area (Å²) < 4.78 is 61.7. The minimum Gasteiger partial charge on any atom is -0.444 e. The zero-order valence-corrected chi connectivity index (χ0v) is 29.7. The summed E-state index contributed by atoms with van der Waals surface area (Å²) in [5, 5.41) is 5.96. The normalized spacial score (nSPS) is 29.0. The van der Waals surface area contributed by atoms with Crippen LogP contribution in [0.5, 0.6) is 0 Å². The van der Waals surface area contributed by atoms with Crippen molar-refractivity contribution in [1.29, 1.82) is 0 Å². The van der Waals surface area contributed by atoms with Gasteiger partial charge in [0.2, 0.25) is 21.8 Å². The van der Waals surface area contributed by atoms with Crippen molar-refractivity contribution in [3.05, 3.63) is 77.4 Å². The van der Waals surface area contributed by atoms with Crippen LogP contribution >= 0.6 is 0 Å². The van der Waals surface area contributed by atoms with E-state index in [-0.39, 0.29) is 32.5 Å². The standard InChI is InChI=1S/C37H43F2N5O7S/c1-36(15-16-36)52(49,50)42-34(47)37-19-24(37)10-5-3-2-4-6-14-30(40-26-12-8-11-25(38)17-26)33(46)44-21-27(18-31(44)32(45)41-37)51-35(48)43-20-23-9-7-13-29(39)28(23)22-43/h5,7-13,17,24,27,30-31,40H,2-4,6,14-16,18-22H2,1H3,(H,41,45)(H,42,47)/b10-5-/t24-,27-,30+,31+,37-/m1/s1. The van der Waals surface area contributed by atoms with Gasteiger partial charge in [0.25, 0.3) is 5.91 Å². The fraction of sp³-hybridized carbons (Fsp3) is 0.514. The van der Waals surface area contributed by atoms with Crippen LogP contribution in [0, 0.1) is 17.6 Å². The summed E-state index contributed by atoms with van der Waals surface area (Å²) in [7, 11) is -4.01. The van der Waals surface area contributed by atoms with Gasteiger partial charge in [-0.1, -0.05) is 43.2 Å². The van der Waals surface area contributed by atoms with Crippen molar-refractivity contribution in [2.45, 2.75) is 106 Å². The number of nitrogens with one attached hydrogen (secondary N) is 3. The van der Waals surface area contributed by atoms with E-state index in [2.05, 4.69) is 15.4 Å². The number of amides is 4. The quantitative estimate of drug-likeness (QED) is 0.372. The molecule has 1 saturated heterocycles. The third kappa shape index (κ3) is 7.11. The minimum absolute atomic E-state index is 0.00817. The van der Waals surface area contributed by atoms with Crippen molar-refractivity contribution >= 4 is 39.5 Å². The lowest BCUT2D eigenvalue weighted by molar-refractivity contribution is -0.140. The first-order valence-corrected chi connectivity index (χ1v) is 19.4. The highest BCUT2D eigenvalue weighted by Gasteiger charge is 2.63. The second-order valence-electron chi connectivity index (χ2n) is 14.9. The molecule has 52 heavy (non-hydrogen) atoms. The van der Waals surface area contributed by atoms with Gasteiger partial charge in [-0.2, -0.15) is 0 Å². The van der Waals surface area contributed by atoms with Crippen LogP contribution in [-0.2, 0) is 42.2 Å². The predicted molar refractivity (Wildman–Crippen MR) is 186 cm³/mol. The average Bonchev–Trinajstić information content (AvgIpc) is 3.89. The van der Waals surface area contributed by atoms with Crippen molar-refractivity contribution in [2.24, 2.45) is 5.92 Å². The van der Waals surface area contributed by atoms with Crippen LogP contribution in [0.3, 0.4) is 0 Å². The van der Waals surface area contributed by atoms with Crippen molar-refractivity contribution in [1.82, 2.24) is 19.8 Å². The molecule has 2 aromatic rings. The molecule has 0 aromatic heterocycles. The highest BCUT2D eigenvalue weighted by molar-refractivity contribution is 7.91. The monoisotopic (exact) mass is 739 g/mol. The highest BCUT2D eigenvalue weighted by atomic mass is 32.2. The first-order chi connectivity index (χ1) is 24.8. The fourth-order valence-electron chi connectivity index (χ4n) is 7.45. The molecule has 3 heterocycles. The fourth-order valence-corrected chi connectivity index (χ4v) is 8.77. The molecule has 278 valence electrons. The molecule has 2 aliphatic carbocycles. The zero-order chi connectivity index (χ0) is 36.8. The largest absolute Gasteiger partial charge is 0.444 e. The number of allylic oxidation sites excluding steroid dienone is 1. The number of halogens is 2. The Kier molecular flexibility index (Phi) is 9.51. The number of anilines is 1. The minimum atomic E-state index is -4.01. The average molecular weight is 740 g/mol. The van der Waals surface area contributed by atoms with E-state index in [0.717, 1.165) is 12.8 Å². The maximum absolute atomic E-state index is 14.4. The number of rotatable bonds is 6. The molecule has 7 rings (SSSR count). The molecule has 12 nitrogen and oxygen atoms in total. The lowest BCUT2D eigenvalue weighted by Crippen LogP contribution is -2.58. The molecule has 4 amide bonds. The van der Waals surface area contributed by atoms with Gasteiger partial charge < -0.3 is 20.3 Å². The van der Waals surface area contributed by atoms with Crippen molar-refractivity contribution < 1.29 is 41.1 Å². The molecule has 0 spiro atoms. The van der Waals surface area contributed by atoms with Crippen LogP contribution in [0.25, 0.3) is 0 Å². The highest BCUT2D eigenvalue weighted by Crippen LogP contribution is 2.47. The summed E-state index contributed by atoms with van der Waals surface area (Å²) >= 11 is 0. The Balaban J connectivity index is 1.15. The van der Waals surface area contributed by atoms with E-state index >= 15 is 0 Å². The number of nitrogens with zero attached hydrogens (tertiary/aromatic N) is 2. The molecule has 5 aliphatic rings. The van der Waals surface area contributed by atoms with Crippen LogP contribution < -0.4 is 15.4 Å². The van der Waals surface area contributed by atoms with E-state index in [0.29, 0.717) is 48.9 Å². The lowest BCUT2D eigenvalue weighted by Gasteiger charge is -2.30. The summed E-state index contributed by atoms with van der Waals surface area (Å²) in [5.74, 6) is -3.38. The Morgan fingerprint density at radius 2 is 1.83 bits per heavy atom. The van der Waals surface area contributed by atoms with Crippen LogP contribution in [0.2, 0.25) is 0 Å². The summed E-state index contributed by atoms with van der Waals surface area (Å²) in [5.41, 5.74) is -0.120. The van der Waals surface area contributed by atoms with E-state index in [4.69, 9.17) is 4.74 Å². The van der Waals surface area contributed by atoms with E-state index in [1.165, 1.54) is 34.1 Å². The van der Waals surface area contributed by atoms with Crippen molar-refractivity contribution in [3.63, 3.8) is 0 Å². The van der Waals surface area contributed by atoms with E-state index in [1.54, 1.807) is 25.1 Å². The predicted octanol–water partition coefficient (Wildman–Crippen LogP) is 4.26. The number of carbonyl (C=O) groups is 4. The van der Waals surface area contributed by atoms with E-state index in [9.17, 15) is 36.4 Å². The van der Waals surface area contributed by atoms with Crippen LogP contribution in [0.4, 0.5) is 19.3 Å². The van der Waals surface area contributed by atoms with Gasteiger partial charge >= 0.3 is 6.09 Å². The lowest BCUT2D eigenvalue weighted by atomic mass is 10.0. The van der Waals surface area contributed by atoms with Crippen molar-refractivity contribution in [3.8, 4) is 0 Å². The number of hydrogen-bond acceptors (Lipinski definition) is 8. The van der Waals surface area contributed by atoms with E-state index in [1.807, 2.05) is 12.2 Å². The van der Waals surface area contributed by atoms with Gasteiger partial charge in [0, 0.05) is 30.1 Å². The number of carbonyl (C=O) groups excluding carboxylic acids is 4. The van der Waals surface area contributed by atoms with E-state index < -0.39 is 79.9 Å². The van der Waals surface area contributed by atoms with Gasteiger partial charge in [0.15, 0.2) is 0 Å². The summed E-state index contributed by atoms with van der Waals surface area (Å²) in [6.45, 7) is 1.57. The van der Waals surface area contributed by atoms with Gasteiger partial charge in [0.1, 0.15) is 35.4 Å². The molecule has 3 fully saturated rings. The number of benzene rings is 2. The molecular formula is C37H43F2N5O7S. The molecule has 0 unspecified atom stereocenters. The molecular weight excluding hydrogens is 696 g/mol. The third-order valence-electron chi connectivity index (χ3n) is 11.1. The van der Waals surface area contributed by atoms with Gasteiger partial charge in [-0.15, -0.1) is 0 Å². The van der Waals surface area contributed by atoms with Crippen molar-refractivity contribution in [2.75, 3.05) is 11.9 Å². The molecule has 2 aromatic carbocycles. The number of fused-ring (bicyclic) bond motifs is 3. The maximum atomic E-state index is 14.4. The SMILES string of the molecule is CC1(S(=O)(=O)NC(=O)[C@@]23C[C@H]2/C=C\CCCCC[C@H](Nc2cccc(F)c2)C(=O)N2C[C@H](OC(=O)N4Cc5cccc(F)c5C4)C[C@H]2C(=O)N3)CC1. The first kappa shape index (κ1) is 35.9. The Hall–Kier alpha value is -4.53. The molecule has 3 N–H and O–H groups in total. The van der Waals surface area contributed by atoms with Gasteiger partial charge in [0.05, 0.1) is 17.8 Å². The Morgan fingerprint density at radius 3 is 2.58 bits per heavy atom. The van der Waals surface area contributed by atoms with Gasteiger partial charge in [-0.3, -0.25) is 24.0 Å². The maximum Gasteiger partial charge on any atom is 0.410 e. The Bertz CT molecular complexity index is 1920. The second kappa shape index (κ2) is 13.8. The van der Waals surface area contributed by atoms with Gasteiger partial charge in [-0.05, 0) is 75.3 Å². The number of sulfonamides is 1. The molecule has 2 saturated carbocycles. The second-order valence-corrected chi connectivity index (χ2v) is 17.1. The van der Waals surface area contributed by atoms with Crippen LogP contribution in [0.1, 0.15) is 75.8 Å². The summed E-state index contributed by atoms with van der Waals surface area (Å²) in [6.07, 6.45) is 6.27. The summed E-state index contributed by atoms with van der Waals surface area (Å²) in [6, 6.07) is 8.29. The Morgan fingerprint density at radius 1 is 1.04 bits per heavy atom. The van der Waals surface area contributed by atoms with Gasteiger partial charge in [-0.25, -0.2) is 22.0 Å². The third-order valence-corrected chi connectivity index (χ3v) is 13.3. The number of hydrogen-bond donors (Lipinski definition) is 3. The molecule has 15 heteroatoms. The Labute approximate surface area is 301 Å². The smallest absolute Gasteiger partial charge is 0.410 e. The first-order valence-electron chi connectivity index (χ1n) is 17.9. The molecule has 5 atom stereocenters. The van der Waals surface area contributed by atoms with Crippen LogP contribution in [-0.4, -0.2) is 77.1 Å². The zero-order valence-electron chi connectivity index (χ0n) is 28.9. The summed E-state index contributed by atoms with van der Waals surface area (Å²) in [4.78, 5) is 58.5.